The Hall–Kier alpha value is -0.730. The number of ether oxygens (including phenoxy) is 5. The molecule has 0 bridgehead atoms. The van der Waals surface area contributed by atoms with Gasteiger partial charge in [0.15, 0.2) is 24.0 Å². The lowest BCUT2D eigenvalue weighted by molar-refractivity contribution is -0.211. The summed E-state index contributed by atoms with van der Waals surface area (Å²) < 4.78 is 28.3. The average Bonchev–Trinajstić information content (AvgIpc) is 2.87. The lowest BCUT2D eigenvalue weighted by Crippen LogP contribution is -2.39. The molecule has 108 valence electrons. The molecule has 3 rings (SSSR count). The third kappa shape index (κ3) is 2.25. The molecule has 0 aromatic rings. The number of fused-ring (bicyclic) bond motifs is 1. The minimum Gasteiger partial charge on any atom is -0.411 e. The Morgan fingerprint density at radius 1 is 1.05 bits per heavy atom. The van der Waals surface area contributed by atoms with Gasteiger partial charge >= 0.3 is 0 Å². The topological polar surface area (TPSA) is 78.7 Å². The highest BCUT2D eigenvalue weighted by Crippen LogP contribution is 2.39. The van der Waals surface area contributed by atoms with Gasteiger partial charge in [-0.15, -0.1) is 0 Å². The molecule has 4 unspecified atom stereocenters. The molecular weight excluding hydrogens is 254 g/mol. The third-order valence-corrected chi connectivity index (χ3v) is 3.41. The van der Waals surface area contributed by atoms with Gasteiger partial charge in [0.25, 0.3) is 0 Å². The summed E-state index contributed by atoms with van der Waals surface area (Å²) in [5.41, 5.74) is 0.391. The second-order valence-electron chi connectivity index (χ2n) is 5.87. The fourth-order valence-electron chi connectivity index (χ4n) is 2.66. The van der Waals surface area contributed by atoms with E-state index in [0.717, 1.165) is 0 Å². The van der Waals surface area contributed by atoms with Gasteiger partial charge in [0.05, 0.1) is 6.61 Å². The molecule has 0 saturated carbocycles. The van der Waals surface area contributed by atoms with E-state index in [-0.39, 0.29) is 6.10 Å². The molecule has 7 nitrogen and oxygen atoms in total. The summed E-state index contributed by atoms with van der Waals surface area (Å²) in [5.74, 6) is -1.41. The molecule has 0 aromatic carbocycles. The van der Waals surface area contributed by atoms with Crippen molar-refractivity contribution in [3.8, 4) is 0 Å². The molecule has 3 aliphatic heterocycles. The highest BCUT2D eigenvalue weighted by molar-refractivity contribution is 5.95. The van der Waals surface area contributed by atoms with E-state index in [1.54, 1.807) is 13.8 Å². The van der Waals surface area contributed by atoms with Crippen molar-refractivity contribution >= 4 is 5.71 Å². The van der Waals surface area contributed by atoms with Gasteiger partial charge in [-0.05, 0) is 27.7 Å². The first-order valence-electron chi connectivity index (χ1n) is 6.36. The fourth-order valence-corrected chi connectivity index (χ4v) is 2.66. The van der Waals surface area contributed by atoms with E-state index >= 15 is 0 Å². The Balaban J connectivity index is 1.76. The fraction of sp³-hybridized carbons (Fsp3) is 0.917. The Morgan fingerprint density at radius 2 is 1.79 bits per heavy atom. The van der Waals surface area contributed by atoms with E-state index < -0.39 is 30.1 Å². The summed E-state index contributed by atoms with van der Waals surface area (Å²) >= 11 is 0. The SMILES string of the molecule is CC1(C)OCC(C2OC3OC(C)(C)OC3C2=NO)O1. The average molecular weight is 273 g/mol. The largest absolute Gasteiger partial charge is 0.411 e. The zero-order valence-corrected chi connectivity index (χ0v) is 11.5. The lowest BCUT2D eigenvalue weighted by atomic mass is 10.1. The number of hydrogen-bond acceptors (Lipinski definition) is 7. The number of rotatable bonds is 1. The second-order valence-corrected chi connectivity index (χ2v) is 5.87. The number of hydrogen-bond donors (Lipinski definition) is 1. The quantitative estimate of drug-likeness (QED) is 0.563. The third-order valence-electron chi connectivity index (χ3n) is 3.41. The van der Waals surface area contributed by atoms with Gasteiger partial charge in [-0.1, -0.05) is 5.16 Å². The maximum atomic E-state index is 9.22. The maximum Gasteiger partial charge on any atom is 0.193 e. The number of nitrogens with zero attached hydrogens (tertiary/aromatic N) is 1. The first-order chi connectivity index (χ1) is 8.81. The molecule has 19 heavy (non-hydrogen) atoms. The Bertz CT molecular complexity index is 407. The van der Waals surface area contributed by atoms with E-state index in [2.05, 4.69) is 5.16 Å². The van der Waals surface area contributed by atoms with E-state index in [9.17, 15) is 5.21 Å². The van der Waals surface area contributed by atoms with Crippen LogP contribution in [-0.4, -0.2) is 53.7 Å². The normalized spacial score (nSPS) is 45.8. The van der Waals surface area contributed by atoms with Crippen LogP contribution in [0.1, 0.15) is 27.7 Å². The van der Waals surface area contributed by atoms with Crippen molar-refractivity contribution in [2.75, 3.05) is 6.61 Å². The second kappa shape index (κ2) is 4.13. The van der Waals surface area contributed by atoms with E-state index in [0.29, 0.717) is 12.3 Å². The summed E-state index contributed by atoms with van der Waals surface area (Å²) in [6.45, 7) is 7.61. The van der Waals surface area contributed by atoms with Gasteiger partial charge in [-0.3, -0.25) is 0 Å². The molecule has 0 radical (unpaired) electrons. The van der Waals surface area contributed by atoms with Gasteiger partial charge < -0.3 is 28.9 Å². The van der Waals surface area contributed by atoms with E-state index in [4.69, 9.17) is 23.7 Å². The molecular formula is C12H19NO6. The molecule has 3 fully saturated rings. The predicted octanol–water partition coefficient (Wildman–Crippen LogP) is 0.845. The molecule has 0 amide bonds. The van der Waals surface area contributed by atoms with Crippen molar-refractivity contribution < 1.29 is 28.9 Å². The molecule has 3 heterocycles. The smallest absolute Gasteiger partial charge is 0.193 e. The highest BCUT2D eigenvalue weighted by Gasteiger charge is 2.56. The van der Waals surface area contributed by atoms with Gasteiger partial charge in [0.1, 0.15) is 17.9 Å². The summed E-state index contributed by atoms with van der Waals surface area (Å²) in [5, 5.41) is 12.5. The van der Waals surface area contributed by atoms with Crippen LogP contribution >= 0.6 is 0 Å². The molecule has 0 aliphatic carbocycles. The molecule has 3 saturated heterocycles. The van der Waals surface area contributed by atoms with Crippen molar-refractivity contribution in [3.05, 3.63) is 0 Å². The van der Waals surface area contributed by atoms with Crippen LogP contribution in [0.4, 0.5) is 0 Å². The van der Waals surface area contributed by atoms with E-state index in [1.807, 2.05) is 13.8 Å². The van der Waals surface area contributed by atoms with E-state index in [1.165, 1.54) is 0 Å². The summed E-state index contributed by atoms with van der Waals surface area (Å²) in [7, 11) is 0. The molecule has 1 N–H and O–H groups in total. The first-order valence-corrected chi connectivity index (χ1v) is 6.36. The van der Waals surface area contributed by atoms with Crippen LogP contribution in [0.15, 0.2) is 5.16 Å². The Labute approximate surface area is 111 Å². The minimum absolute atomic E-state index is 0.332. The van der Waals surface area contributed by atoms with Gasteiger partial charge in [-0.25, -0.2) is 0 Å². The zero-order chi connectivity index (χ0) is 13.8. The van der Waals surface area contributed by atoms with Crippen LogP contribution < -0.4 is 0 Å². The predicted molar refractivity (Wildman–Crippen MR) is 62.8 cm³/mol. The molecule has 4 atom stereocenters. The van der Waals surface area contributed by atoms with Crippen molar-refractivity contribution in [1.82, 2.24) is 0 Å². The first kappa shape index (κ1) is 13.3. The van der Waals surface area contributed by atoms with Crippen LogP contribution in [0.25, 0.3) is 0 Å². The van der Waals surface area contributed by atoms with Gasteiger partial charge in [-0.2, -0.15) is 0 Å². The van der Waals surface area contributed by atoms with Crippen LogP contribution in [-0.2, 0) is 23.7 Å². The lowest BCUT2D eigenvalue weighted by Gasteiger charge is -2.24. The summed E-state index contributed by atoms with van der Waals surface area (Å²) in [6, 6.07) is 0. The molecule has 0 spiro atoms. The number of oxime groups is 1. The van der Waals surface area contributed by atoms with Crippen molar-refractivity contribution in [2.45, 2.75) is 63.9 Å². The standard InChI is InChI=1S/C12H19NO6/c1-11(2)15-5-6(17-11)8-7(13-14)9-10(16-8)19-12(3,4)18-9/h6,8-10,14H,5H2,1-4H3. The van der Waals surface area contributed by atoms with Crippen LogP contribution in [0.5, 0.6) is 0 Å². The van der Waals surface area contributed by atoms with Gasteiger partial charge in [0, 0.05) is 0 Å². The van der Waals surface area contributed by atoms with Crippen LogP contribution in [0.2, 0.25) is 0 Å². The summed E-state index contributed by atoms with van der Waals surface area (Å²) in [4.78, 5) is 0. The van der Waals surface area contributed by atoms with Crippen molar-refractivity contribution in [1.29, 1.82) is 0 Å². The minimum atomic E-state index is -0.747. The monoisotopic (exact) mass is 273 g/mol. The van der Waals surface area contributed by atoms with Crippen molar-refractivity contribution in [2.24, 2.45) is 5.16 Å². The molecule has 0 aromatic heterocycles. The van der Waals surface area contributed by atoms with Crippen LogP contribution in [0, 0.1) is 0 Å². The Morgan fingerprint density at radius 3 is 2.37 bits per heavy atom. The Kier molecular flexibility index (Phi) is 2.88. The summed E-state index contributed by atoms with van der Waals surface area (Å²) in [6.07, 6.45) is -1.92. The molecule has 3 aliphatic rings. The van der Waals surface area contributed by atoms with Crippen LogP contribution in [0.3, 0.4) is 0 Å². The zero-order valence-electron chi connectivity index (χ0n) is 11.5. The molecule has 7 heteroatoms. The highest BCUT2D eigenvalue weighted by atomic mass is 16.8. The maximum absolute atomic E-state index is 9.22. The van der Waals surface area contributed by atoms with Gasteiger partial charge in [0.2, 0.25) is 0 Å². The van der Waals surface area contributed by atoms with Crippen molar-refractivity contribution in [3.63, 3.8) is 0 Å².